The van der Waals surface area contributed by atoms with Gasteiger partial charge >= 0.3 is 0 Å². The zero-order valence-corrected chi connectivity index (χ0v) is 8.58. The number of amides is 1. The quantitative estimate of drug-likeness (QED) is 0.767. The van der Waals surface area contributed by atoms with Crippen molar-refractivity contribution >= 4 is 11.7 Å². The van der Waals surface area contributed by atoms with Crippen LogP contribution in [0, 0.1) is 5.82 Å². The predicted molar refractivity (Wildman–Crippen MR) is 54.0 cm³/mol. The number of benzene rings is 1. The highest BCUT2D eigenvalue weighted by molar-refractivity contribution is 6.01. The van der Waals surface area contributed by atoms with Crippen LogP contribution in [0.15, 0.2) is 24.3 Å². The van der Waals surface area contributed by atoms with Gasteiger partial charge in [0.25, 0.3) is 0 Å². The number of Topliss-reactive ketones (excluding diaryl/α,β-unsaturated/α-hetero) is 1. The molecule has 0 saturated carbocycles. The zero-order valence-electron chi connectivity index (χ0n) is 8.58. The summed E-state index contributed by atoms with van der Waals surface area (Å²) in [6.45, 7) is 2.93. The van der Waals surface area contributed by atoms with Crippen molar-refractivity contribution in [1.29, 1.82) is 0 Å². The molecule has 0 aliphatic rings. The number of halogens is 1. The molecule has 0 aromatic heterocycles. The van der Waals surface area contributed by atoms with Gasteiger partial charge in [0.15, 0.2) is 5.78 Å². The maximum atomic E-state index is 12.6. The average molecular weight is 209 g/mol. The molecule has 0 bridgehead atoms. The van der Waals surface area contributed by atoms with E-state index in [2.05, 4.69) is 5.32 Å². The third-order valence-corrected chi connectivity index (χ3v) is 1.94. The Bertz CT molecular complexity index is 373. The van der Waals surface area contributed by atoms with Gasteiger partial charge in [-0.2, -0.15) is 0 Å². The molecular weight excluding hydrogens is 197 g/mol. The first-order chi connectivity index (χ1) is 7.00. The van der Waals surface area contributed by atoms with Crippen LogP contribution in [-0.4, -0.2) is 17.7 Å². The van der Waals surface area contributed by atoms with Gasteiger partial charge in [0.05, 0.1) is 6.04 Å². The molecule has 1 aromatic carbocycles. The number of hydrogen-bond donors (Lipinski definition) is 1. The number of carbonyl (C=O) groups is 2. The molecule has 0 aliphatic heterocycles. The Morgan fingerprint density at radius 3 is 2.27 bits per heavy atom. The fourth-order valence-corrected chi connectivity index (χ4v) is 1.23. The Kier molecular flexibility index (Phi) is 3.55. The van der Waals surface area contributed by atoms with E-state index in [0.717, 1.165) is 0 Å². The minimum atomic E-state index is -0.590. The average Bonchev–Trinajstić information content (AvgIpc) is 2.17. The fourth-order valence-electron chi connectivity index (χ4n) is 1.23. The molecule has 1 N–H and O–H groups in total. The highest BCUT2D eigenvalue weighted by atomic mass is 19.1. The summed E-state index contributed by atoms with van der Waals surface area (Å²) in [5, 5.41) is 2.47. The van der Waals surface area contributed by atoms with Gasteiger partial charge in [-0.15, -0.1) is 0 Å². The lowest BCUT2D eigenvalue weighted by Crippen LogP contribution is -2.37. The van der Waals surface area contributed by atoms with E-state index >= 15 is 0 Å². The standard InChI is InChI=1S/C11H12FNO2/c1-7(13-8(2)14)11(15)9-3-5-10(12)6-4-9/h3-7H,1-2H3,(H,13,14)/t7-/m1/s1. The summed E-state index contributed by atoms with van der Waals surface area (Å²) in [4.78, 5) is 22.4. The van der Waals surface area contributed by atoms with Crippen LogP contribution in [0.3, 0.4) is 0 Å². The highest BCUT2D eigenvalue weighted by Gasteiger charge is 2.15. The number of rotatable bonds is 3. The lowest BCUT2D eigenvalue weighted by atomic mass is 10.1. The van der Waals surface area contributed by atoms with Gasteiger partial charge in [0, 0.05) is 12.5 Å². The van der Waals surface area contributed by atoms with Crippen LogP contribution < -0.4 is 5.32 Å². The molecule has 80 valence electrons. The third kappa shape index (κ3) is 3.16. The topological polar surface area (TPSA) is 46.2 Å². The maximum absolute atomic E-state index is 12.6. The van der Waals surface area contributed by atoms with E-state index in [9.17, 15) is 14.0 Å². The smallest absolute Gasteiger partial charge is 0.217 e. The molecule has 0 spiro atoms. The first-order valence-corrected chi connectivity index (χ1v) is 4.57. The molecule has 1 amide bonds. The van der Waals surface area contributed by atoms with E-state index in [4.69, 9.17) is 0 Å². The minimum Gasteiger partial charge on any atom is -0.346 e. The van der Waals surface area contributed by atoms with E-state index in [0.29, 0.717) is 5.56 Å². The van der Waals surface area contributed by atoms with Crippen LogP contribution in [0.4, 0.5) is 4.39 Å². The van der Waals surface area contributed by atoms with E-state index in [1.807, 2.05) is 0 Å². The summed E-state index contributed by atoms with van der Waals surface area (Å²) < 4.78 is 12.6. The minimum absolute atomic E-state index is 0.231. The molecule has 0 aliphatic carbocycles. The van der Waals surface area contributed by atoms with E-state index in [1.54, 1.807) is 6.92 Å². The molecule has 1 atom stereocenters. The zero-order chi connectivity index (χ0) is 11.4. The summed E-state index contributed by atoms with van der Waals surface area (Å²) in [6, 6.07) is 4.64. The third-order valence-electron chi connectivity index (χ3n) is 1.94. The highest BCUT2D eigenvalue weighted by Crippen LogP contribution is 2.05. The normalized spacial score (nSPS) is 11.9. The lowest BCUT2D eigenvalue weighted by molar-refractivity contribution is -0.119. The van der Waals surface area contributed by atoms with Crippen LogP contribution in [0.5, 0.6) is 0 Å². The number of ketones is 1. The molecule has 1 aromatic rings. The predicted octanol–water partition coefficient (Wildman–Crippen LogP) is 1.53. The van der Waals surface area contributed by atoms with Crippen molar-refractivity contribution in [2.24, 2.45) is 0 Å². The monoisotopic (exact) mass is 209 g/mol. The second-order valence-corrected chi connectivity index (χ2v) is 3.29. The largest absolute Gasteiger partial charge is 0.346 e. The molecule has 1 rings (SSSR count). The van der Waals surface area contributed by atoms with Crippen LogP contribution in [0.2, 0.25) is 0 Å². The Morgan fingerprint density at radius 1 is 1.27 bits per heavy atom. The van der Waals surface area contributed by atoms with Crippen molar-refractivity contribution in [2.45, 2.75) is 19.9 Å². The summed E-state index contributed by atoms with van der Waals surface area (Å²) >= 11 is 0. The molecule has 3 nitrogen and oxygen atoms in total. The molecule has 0 saturated heterocycles. The number of nitrogens with one attached hydrogen (secondary N) is 1. The van der Waals surface area contributed by atoms with Gasteiger partial charge in [-0.1, -0.05) is 0 Å². The summed E-state index contributed by atoms with van der Waals surface area (Å²) in [5.41, 5.74) is 0.387. The fraction of sp³-hybridized carbons (Fsp3) is 0.273. The molecule has 15 heavy (non-hydrogen) atoms. The second-order valence-electron chi connectivity index (χ2n) is 3.29. The van der Waals surface area contributed by atoms with Crippen molar-refractivity contribution in [1.82, 2.24) is 5.32 Å². The number of hydrogen-bond acceptors (Lipinski definition) is 2. The molecule has 0 unspecified atom stereocenters. The Labute approximate surface area is 87.3 Å². The van der Waals surface area contributed by atoms with Gasteiger partial charge in [-0.05, 0) is 31.2 Å². The van der Waals surface area contributed by atoms with Crippen LogP contribution in [0.1, 0.15) is 24.2 Å². The lowest BCUT2D eigenvalue weighted by Gasteiger charge is -2.10. The van der Waals surface area contributed by atoms with Crippen molar-refractivity contribution in [3.63, 3.8) is 0 Å². The molecule has 0 radical (unpaired) electrons. The summed E-state index contributed by atoms with van der Waals surface area (Å²) in [7, 11) is 0. The van der Waals surface area contributed by atoms with Crippen molar-refractivity contribution in [3.05, 3.63) is 35.6 Å². The van der Waals surface area contributed by atoms with Crippen LogP contribution in [0.25, 0.3) is 0 Å². The Morgan fingerprint density at radius 2 is 1.80 bits per heavy atom. The molecule has 0 heterocycles. The number of carbonyl (C=O) groups excluding carboxylic acids is 2. The molecular formula is C11H12FNO2. The van der Waals surface area contributed by atoms with E-state index < -0.39 is 11.9 Å². The van der Waals surface area contributed by atoms with Gasteiger partial charge < -0.3 is 5.32 Å². The van der Waals surface area contributed by atoms with Gasteiger partial charge in [0.2, 0.25) is 5.91 Å². The van der Waals surface area contributed by atoms with Crippen LogP contribution >= 0.6 is 0 Å². The summed E-state index contributed by atoms with van der Waals surface area (Å²) in [6.07, 6.45) is 0. The van der Waals surface area contributed by atoms with E-state index in [1.165, 1.54) is 31.2 Å². The van der Waals surface area contributed by atoms with Crippen LogP contribution in [-0.2, 0) is 4.79 Å². The van der Waals surface area contributed by atoms with Crippen molar-refractivity contribution in [2.75, 3.05) is 0 Å². The maximum Gasteiger partial charge on any atom is 0.217 e. The Hall–Kier alpha value is -1.71. The van der Waals surface area contributed by atoms with Gasteiger partial charge in [-0.25, -0.2) is 4.39 Å². The first kappa shape index (κ1) is 11.4. The SMILES string of the molecule is CC(=O)N[C@H](C)C(=O)c1ccc(F)cc1. The van der Waals surface area contributed by atoms with Crippen molar-refractivity contribution < 1.29 is 14.0 Å². The van der Waals surface area contributed by atoms with E-state index in [-0.39, 0.29) is 11.7 Å². The second kappa shape index (κ2) is 4.68. The van der Waals surface area contributed by atoms with Gasteiger partial charge in [-0.3, -0.25) is 9.59 Å². The van der Waals surface area contributed by atoms with Gasteiger partial charge in [0.1, 0.15) is 5.82 Å². The summed E-state index contributed by atoms with van der Waals surface area (Å²) in [5.74, 6) is -0.887. The molecule has 4 heteroatoms. The Balaban J connectivity index is 2.76. The van der Waals surface area contributed by atoms with Crippen molar-refractivity contribution in [3.8, 4) is 0 Å². The molecule has 0 fully saturated rings. The first-order valence-electron chi connectivity index (χ1n) is 4.57.